The predicted molar refractivity (Wildman–Crippen MR) is 106 cm³/mol. The molecule has 0 aliphatic carbocycles. The molecule has 1 heterocycles. The first kappa shape index (κ1) is 18.9. The molecule has 2 aromatic rings. The Hall–Kier alpha value is -2.86. The van der Waals surface area contributed by atoms with Gasteiger partial charge in [0.2, 0.25) is 11.8 Å². The Balaban J connectivity index is 1.68. The molecule has 0 radical (unpaired) electrons. The summed E-state index contributed by atoms with van der Waals surface area (Å²) >= 11 is 6.12. The van der Waals surface area contributed by atoms with E-state index >= 15 is 0 Å². The van der Waals surface area contributed by atoms with Crippen LogP contribution in [0.1, 0.15) is 36.5 Å². The van der Waals surface area contributed by atoms with Crippen molar-refractivity contribution in [1.29, 1.82) is 0 Å². The minimum atomic E-state index is -0.283. The lowest BCUT2D eigenvalue weighted by molar-refractivity contribution is -0.119. The molecular weight excluding hydrogens is 366 g/mol. The van der Waals surface area contributed by atoms with Gasteiger partial charge in [-0.15, -0.1) is 0 Å². The van der Waals surface area contributed by atoms with Gasteiger partial charge in [0.25, 0.3) is 5.91 Å². The van der Waals surface area contributed by atoms with Crippen LogP contribution in [0.25, 0.3) is 0 Å². The maximum Gasteiger partial charge on any atom is 0.255 e. The second-order valence-corrected chi connectivity index (χ2v) is 6.79. The third-order valence-corrected chi connectivity index (χ3v) is 4.61. The minimum Gasteiger partial charge on any atom is -0.325 e. The number of benzene rings is 2. The van der Waals surface area contributed by atoms with Crippen molar-refractivity contribution in [3.63, 3.8) is 0 Å². The summed E-state index contributed by atoms with van der Waals surface area (Å²) in [7, 11) is 0. The third kappa shape index (κ3) is 4.65. The monoisotopic (exact) mass is 385 g/mol. The van der Waals surface area contributed by atoms with E-state index in [2.05, 4.69) is 10.6 Å². The highest BCUT2D eigenvalue weighted by Crippen LogP contribution is 2.26. The van der Waals surface area contributed by atoms with Gasteiger partial charge in [0.15, 0.2) is 0 Å². The van der Waals surface area contributed by atoms with E-state index in [1.165, 1.54) is 6.92 Å². The Morgan fingerprint density at radius 2 is 1.78 bits per heavy atom. The number of hydrogen-bond acceptors (Lipinski definition) is 3. The van der Waals surface area contributed by atoms with E-state index in [1.54, 1.807) is 47.4 Å². The molecule has 0 saturated carbocycles. The van der Waals surface area contributed by atoms with E-state index in [-0.39, 0.29) is 17.7 Å². The van der Waals surface area contributed by atoms with E-state index < -0.39 is 0 Å². The first-order valence-corrected chi connectivity index (χ1v) is 9.11. The Labute approximate surface area is 162 Å². The molecule has 0 atom stereocenters. The molecule has 0 bridgehead atoms. The number of amides is 3. The van der Waals surface area contributed by atoms with Gasteiger partial charge >= 0.3 is 0 Å². The number of hydrogen-bond donors (Lipinski definition) is 2. The van der Waals surface area contributed by atoms with Gasteiger partial charge in [-0.25, -0.2) is 0 Å². The maximum atomic E-state index is 12.4. The first-order valence-electron chi connectivity index (χ1n) is 8.73. The highest BCUT2D eigenvalue weighted by molar-refractivity contribution is 6.34. The topological polar surface area (TPSA) is 78.5 Å². The predicted octanol–water partition coefficient (Wildman–Crippen LogP) is 4.07. The molecule has 7 heteroatoms. The van der Waals surface area contributed by atoms with Crippen LogP contribution >= 0.6 is 11.6 Å². The zero-order chi connectivity index (χ0) is 19.4. The second kappa shape index (κ2) is 8.22. The van der Waals surface area contributed by atoms with Crippen LogP contribution in [0, 0.1) is 0 Å². The maximum absolute atomic E-state index is 12.4. The van der Waals surface area contributed by atoms with Crippen LogP contribution in [0.3, 0.4) is 0 Å². The second-order valence-electron chi connectivity index (χ2n) is 6.38. The van der Waals surface area contributed by atoms with Crippen LogP contribution in [0.5, 0.6) is 0 Å². The first-order chi connectivity index (χ1) is 12.9. The van der Waals surface area contributed by atoms with Crippen LogP contribution in [0.4, 0.5) is 17.1 Å². The van der Waals surface area contributed by atoms with Crippen molar-refractivity contribution in [2.24, 2.45) is 0 Å². The molecule has 2 aromatic carbocycles. The highest BCUT2D eigenvalue weighted by atomic mass is 35.5. The summed E-state index contributed by atoms with van der Waals surface area (Å²) in [6, 6.07) is 11.8. The van der Waals surface area contributed by atoms with Crippen molar-refractivity contribution in [2.75, 3.05) is 22.1 Å². The Bertz CT molecular complexity index is 881. The lowest BCUT2D eigenvalue weighted by Crippen LogP contribution is -2.35. The number of piperidine rings is 1. The minimum absolute atomic E-state index is 0.118. The highest BCUT2D eigenvalue weighted by Gasteiger charge is 2.19. The van der Waals surface area contributed by atoms with Crippen molar-refractivity contribution in [1.82, 2.24) is 0 Å². The van der Waals surface area contributed by atoms with Gasteiger partial charge in [0, 0.05) is 36.8 Å². The summed E-state index contributed by atoms with van der Waals surface area (Å²) in [5.74, 6) is -0.386. The smallest absolute Gasteiger partial charge is 0.255 e. The summed E-state index contributed by atoms with van der Waals surface area (Å²) in [6.45, 7) is 2.11. The van der Waals surface area contributed by atoms with Crippen molar-refractivity contribution in [3.8, 4) is 0 Å². The van der Waals surface area contributed by atoms with E-state index in [0.29, 0.717) is 34.9 Å². The van der Waals surface area contributed by atoms with Gasteiger partial charge in [0.1, 0.15) is 0 Å². The number of rotatable bonds is 4. The van der Waals surface area contributed by atoms with Crippen molar-refractivity contribution in [2.45, 2.75) is 26.2 Å². The van der Waals surface area contributed by atoms with Crippen LogP contribution < -0.4 is 15.5 Å². The SMILES string of the molecule is CC(=O)Nc1ccc(NC(=O)c2ccc(N3CCCCC3=O)cc2)cc1Cl. The Morgan fingerprint density at radius 3 is 2.41 bits per heavy atom. The number of nitrogens with zero attached hydrogens (tertiary/aromatic N) is 1. The molecule has 6 nitrogen and oxygen atoms in total. The number of carbonyl (C=O) groups is 3. The van der Waals surface area contributed by atoms with Crippen molar-refractivity contribution < 1.29 is 14.4 Å². The molecule has 1 fully saturated rings. The number of anilines is 3. The van der Waals surface area contributed by atoms with E-state index in [4.69, 9.17) is 11.6 Å². The normalized spacial score (nSPS) is 14.0. The van der Waals surface area contributed by atoms with E-state index in [9.17, 15) is 14.4 Å². The number of nitrogens with one attached hydrogen (secondary N) is 2. The molecular formula is C20H20ClN3O3. The molecule has 1 aliphatic rings. The fraction of sp³-hybridized carbons (Fsp3) is 0.250. The van der Waals surface area contributed by atoms with Gasteiger partial charge in [-0.1, -0.05) is 11.6 Å². The summed E-state index contributed by atoms with van der Waals surface area (Å²) in [6.07, 6.45) is 2.49. The molecule has 1 saturated heterocycles. The number of carbonyl (C=O) groups excluding carboxylic acids is 3. The zero-order valence-corrected chi connectivity index (χ0v) is 15.7. The molecule has 2 N–H and O–H groups in total. The van der Waals surface area contributed by atoms with Crippen LogP contribution in [-0.2, 0) is 9.59 Å². The van der Waals surface area contributed by atoms with Gasteiger partial charge < -0.3 is 15.5 Å². The van der Waals surface area contributed by atoms with Crippen LogP contribution in [-0.4, -0.2) is 24.3 Å². The Morgan fingerprint density at radius 1 is 1.04 bits per heavy atom. The Kier molecular flexibility index (Phi) is 5.76. The van der Waals surface area contributed by atoms with Crippen LogP contribution in [0.15, 0.2) is 42.5 Å². The third-order valence-electron chi connectivity index (χ3n) is 4.30. The molecule has 1 aliphatic heterocycles. The van der Waals surface area contributed by atoms with Gasteiger partial charge in [-0.3, -0.25) is 14.4 Å². The van der Waals surface area contributed by atoms with E-state index in [0.717, 1.165) is 18.5 Å². The lowest BCUT2D eigenvalue weighted by atomic mass is 10.1. The lowest BCUT2D eigenvalue weighted by Gasteiger charge is -2.26. The summed E-state index contributed by atoms with van der Waals surface area (Å²) < 4.78 is 0. The standard InChI is InChI=1S/C20H20ClN3O3/c1-13(25)22-18-10-7-15(12-17(18)21)23-20(27)14-5-8-16(9-6-14)24-11-3-2-4-19(24)26/h5-10,12H,2-4,11H2,1H3,(H,22,25)(H,23,27). The molecule has 3 amide bonds. The number of halogens is 1. The quantitative estimate of drug-likeness (QED) is 0.832. The van der Waals surface area contributed by atoms with Crippen LogP contribution in [0.2, 0.25) is 5.02 Å². The molecule has 0 spiro atoms. The molecule has 0 unspecified atom stereocenters. The average Bonchev–Trinajstić information content (AvgIpc) is 2.64. The summed E-state index contributed by atoms with van der Waals surface area (Å²) in [5.41, 5.74) is 2.29. The van der Waals surface area contributed by atoms with Gasteiger partial charge in [0.05, 0.1) is 10.7 Å². The van der Waals surface area contributed by atoms with Gasteiger partial charge in [-0.2, -0.15) is 0 Å². The largest absolute Gasteiger partial charge is 0.325 e. The van der Waals surface area contributed by atoms with Gasteiger partial charge in [-0.05, 0) is 55.3 Å². The van der Waals surface area contributed by atoms with E-state index in [1.807, 2.05) is 0 Å². The summed E-state index contributed by atoms with van der Waals surface area (Å²) in [5, 5.41) is 5.72. The molecule has 27 heavy (non-hydrogen) atoms. The molecule has 140 valence electrons. The molecule has 3 rings (SSSR count). The molecule has 0 aromatic heterocycles. The van der Waals surface area contributed by atoms with Crippen molar-refractivity contribution in [3.05, 3.63) is 53.1 Å². The zero-order valence-electron chi connectivity index (χ0n) is 14.9. The fourth-order valence-corrected chi connectivity index (χ4v) is 3.19. The fourth-order valence-electron chi connectivity index (χ4n) is 2.96. The average molecular weight is 386 g/mol. The van der Waals surface area contributed by atoms with Crippen molar-refractivity contribution >= 4 is 46.4 Å². The summed E-state index contributed by atoms with van der Waals surface area (Å²) in [4.78, 5) is 37.3.